The molecule has 0 spiro atoms. The van der Waals surface area contributed by atoms with E-state index in [0.717, 1.165) is 22.1 Å². The first-order valence-electron chi connectivity index (χ1n) is 4.25. The highest BCUT2D eigenvalue weighted by Crippen LogP contribution is 2.23. The van der Waals surface area contributed by atoms with Gasteiger partial charge in [0, 0.05) is 29.6 Å². The van der Waals surface area contributed by atoms with Crippen molar-refractivity contribution >= 4 is 11.0 Å². The molecule has 1 heterocycles. The maximum Gasteiger partial charge on any atom is 0.138 e. The molecule has 0 unspecified atom stereocenters. The lowest BCUT2D eigenvalue weighted by molar-refractivity contribution is 0.606. The van der Waals surface area contributed by atoms with Crippen LogP contribution in [0.25, 0.3) is 11.0 Å². The summed E-state index contributed by atoms with van der Waals surface area (Å²) < 4.78 is 5.40. The Hall–Kier alpha value is -1.32. The van der Waals surface area contributed by atoms with Gasteiger partial charge in [-0.2, -0.15) is 0 Å². The standard InChI is InChI=1S/C10H12N2O/c11-4-7-2-1-3-9-8(5-12)6-13-10(7)9/h1-3,6H,4-5,11-12H2. The molecule has 13 heavy (non-hydrogen) atoms. The van der Waals surface area contributed by atoms with Crippen LogP contribution in [0.5, 0.6) is 0 Å². The molecule has 3 nitrogen and oxygen atoms in total. The van der Waals surface area contributed by atoms with Crippen molar-refractivity contribution < 1.29 is 4.42 Å². The molecule has 1 aromatic heterocycles. The van der Waals surface area contributed by atoms with Crippen molar-refractivity contribution in [3.05, 3.63) is 35.6 Å². The van der Waals surface area contributed by atoms with Crippen molar-refractivity contribution in [2.45, 2.75) is 13.1 Å². The van der Waals surface area contributed by atoms with Gasteiger partial charge >= 0.3 is 0 Å². The molecule has 1 aromatic carbocycles. The van der Waals surface area contributed by atoms with Gasteiger partial charge in [-0.25, -0.2) is 0 Å². The van der Waals surface area contributed by atoms with E-state index in [2.05, 4.69) is 0 Å². The molecule has 0 aliphatic rings. The zero-order valence-electron chi connectivity index (χ0n) is 7.29. The van der Waals surface area contributed by atoms with Crippen LogP contribution in [0.1, 0.15) is 11.1 Å². The number of hydrogen-bond acceptors (Lipinski definition) is 3. The Kier molecular flexibility index (Phi) is 2.04. The first-order chi connectivity index (χ1) is 6.36. The Balaban J connectivity index is 2.72. The minimum absolute atomic E-state index is 0.495. The average Bonchev–Trinajstić information content (AvgIpc) is 2.60. The number of fused-ring (bicyclic) bond motifs is 1. The lowest BCUT2D eigenvalue weighted by Crippen LogP contribution is -1.97. The van der Waals surface area contributed by atoms with Crippen LogP contribution in [0.15, 0.2) is 28.9 Å². The summed E-state index contributed by atoms with van der Waals surface area (Å²) in [7, 11) is 0. The van der Waals surface area contributed by atoms with Gasteiger partial charge in [-0.1, -0.05) is 18.2 Å². The number of furan rings is 1. The van der Waals surface area contributed by atoms with Gasteiger partial charge in [0.25, 0.3) is 0 Å². The Morgan fingerprint density at radius 2 is 1.85 bits per heavy atom. The summed E-state index contributed by atoms with van der Waals surface area (Å²) in [6.07, 6.45) is 1.70. The lowest BCUT2D eigenvalue weighted by atomic mass is 10.1. The van der Waals surface area contributed by atoms with Gasteiger partial charge in [0.15, 0.2) is 0 Å². The van der Waals surface area contributed by atoms with Gasteiger partial charge in [0.1, 0.15) is 5.58 Å². The first kappa shape index (κ1) is 8.29. The fourth-order valence-corrected chi connectivity index (χ4v) is 1.49. The summed E-state index contributed by atoms with van der Waals surface area (Å²) in [5, 5.41) is 1.07. The van der Waals surface area contributed by atoms with Crippen molar-refractivity contribution in [3.8, 4) is 0 Å². The van der Waals surface area contributed by atoms with E-state index in [1.807, 2.05) is 18.2 Å². The van der Waals surface area contributed by atoms with Gasteiger partial charge in [-0.05, 0) is 0 Å². The van der Waals surface area contributed by atoms with E-state index in [1.54, 1.807) is 6.26 Å². The largest absolute Gasteiger partial charge is 0.464 e. The SMILES string of the molecule is NCc1coc2c(CN)cccc12. The molecule has 0 bridgehead atoms. The fraction of sp³-hybridized carbons (Fsp3) is 0.200. The second-order valence-corrected chi connectivity index (χ2v) is 2.96. The third kappa shape index (κ3) is 1.22. The van der Waals surface area contributed by atoms with Crippen LogP contribution in [0.3, 0.4) is 0 Å². The molecule has 68 valence electrons. The molecule has 0 saturated carbocycles. The molecule has 0 amide bonds. The van der Waals surface area contributed by atoms with Crippen molar-refractivity contribution in [1.82, 2.24) is 0 Å². The molecule has 0 atom stereocenters. The van der Waals surface area contributed by atoms with Crippen LogP contribution in [0.2, 0.25) is 0 Å². The Morgan fingerprint density at radius 1 is 1.08 bits per heavy atom. The van der Waals surface area contributed by atoms with E-state index in [-0.39, 0.29) is 0 Å². The predicted molar refractivity (Wildman–Crippen MR) is 52.0 cm³/mol. The minimum atomic E-state index is 0.495. The summed E-state index contributed by atoms with van der Waals surface area (Å²) in [5.74, 6) is 0. The van der Waals surface area contributed by atoms with E-state index in [1.165, 1.54) is 0 Å². The molecule has 0 saturated heterocycles. The normalized spacial score (nSPS) is 10.9. The summed E-state index contributed by atoms with van der Waals surface area (Å²) in [6.45, 7) is 0.996. The van der Waals surface area contributed by atoms with Gasteiger partial charge in [0.05, 0.1) is 6.26 Å². The van der Waals surface area contributed by atoms with E-state index in [9.17, 15) is 0 Å². The van der Waals surface area contributed by atoms with Crippen molar-refractivity contribution in [1.29, 1.82) is 0 Å². The number of hydrogen-bond donors (Lipinski definition) is 2. The molecule has 0 radical (unpaired) electrons. The second-order valence-electron chi connectivity index (χ2n) is 2.96. The van der Waals surface area contributed by atoms with Crippen molar-refractivity contribution in [2.24, 2.45) is 11.5 Å². The summed E-state index contributed by atoms with van der Waals surface area (Å²) in [4.78, 5) is 0. The number of rotatable bonds is 2. The first-order valence-corrected chi connectivity index (χ1v) is 4.25. The monoisotopic (exact) mass is 176 g/mol. The highest BCUT2D eigenvalue weighted by atomic mass is 16.3. The molecule has 2 aromatic rings. The smallest absolute Gasteiger partial charge is 0.138 e. The maximum atomic E-state index is 5.58. The van der Waals surface area contributed by atoms with Gasteiger partial charge in [-0.3, -0.25) is 0 Å². The number of para-hydroxylation sites is 1. The van der Waals surface area contributed by atoms with Gasteiger partial charge in [0.2, 0.25) is 0 Å². The molecule has 4 N–H and O–H groups in total. The van der Waals surface area contributed by atoms with Crippen LogP contribution < -0.4 is 11.5 Å². The van der Waals surface area contributed by atoms with E-state index < -0.39 is 0 Å². The van der Waals surface area contributed by atoms with Crippen LogP contribution >= 0.6 is 0 Å². The van der Waals surface area contributed by atoms with Crippen LogP contribution in [-0.2, 0) is 13.1 Å². The number of nitrogens with two attached hydrogens (primary N) is 2. The van der Waals surface area contributed by atoms with Crippen molar-refractivity contribution in [2.75, 3.05) is 0 Å². The fourth-order valence-electron chi connectivity index (χ4n) is 1.49. The zero-order valence-corrected chi connectivity index (χ0v) is 7.29. The highest BCUT2D eigenvalue weighted by Gasteiger charge is 2.06. The molecule has 0 fully saturated rings. The Labute approximate surface area is 76.3 Å². The predicted octanol–water partition coefficient (Wildman–Crippen LogP) is 1.35. The van der Waals surface area contributed by atoms with Gasteiger partial charge < -0.3 is 15.9 Å². The molecule has 3 heteroatoms. The molecule has 2 rings (SSSR count). The topological polar surface area (TPSA) is 65.2 Å². The minimum Gasteiger partial charge on any atom is -0.464 e. The molecular weight excluding hydrogens is 164 g/mol. The summed E-state index contributed by atoms with van der Waals surface area (Å²) in [5.41, 5.74) is 14.1. The maximum absolute atomic E-state index is 5.58. The van der Waals surface area contributed by atoms with Crippen LogP contribution in [0.4, 0.5) is 0 Å². The van der Waals surface area contributed by atoms with Crippen molar-refractivity contribution in [3.63, 3.8) is 0 Å². The van der Waals surface area contributed by atoms with Gasteiger partial charge in [-0.15, -0.1) is 0 Å². The molecule has 0 aliphatic heterocycles. The van der Waals surface area contributed by atoms with E-state index in [4.69, 9.17) is 15.9 Å². The quantitative estimate of drug-likeness (QED) is 0.725. The van der Waals surface area contributed by atoms with E-state index in [0.29, 0.717) is 13.1 Å². The summed E-state index contributed by atoms with van der Waals surface area (Å²) in [6, 6.07) is 5.94. The second kappa shape index (κ2) is 3.20. The third-order valence-corrected chi connectivity index (χ3v) is 2.20. The average molecular weight is 176 g/mol. The third-order valence-electron chi connectivity index (χ3n) is 2.20. The summed E-state index contributed by atoms with van der Waals surface area (Å²) >= 11 is 0. The van der Waals surface area contributed by atoms with E-state index >= 15 is 0 Å². The zero-order chi connectivity index (χ0) is 9.26. The van der Waals surface area contributed by atoms with Crippen LogP contribution in [-0.4, -0.2) is 0 Å². The Morgan fingerprint density at radius 3 is 2.54 bits per heavy atom. The Bertz CT molecular complexity index is 420. The van der Waals surface area contributed by atoms with Crippen LogP contribution in [0, 0.1) is 0 Å². The molecule has 0 aliphatic carbocycles. The lowest BCUT2D eigenvalue weighted by Gasteiger charge is -1.97. The number of benzene rings is 1. The molecular formula is C10H12N2O. The highest BCUT2D eigenvalue weighted by molar-refractivity contribution is 5.83.